The fraction of sp³-hybridized carbons (Fsp3) is 1.00. The van der Waals surface area contributed by atoms with Gasteiger partial charge in [-0.3, -0.25) is 0 Å². The summed E-state index contributed by atoms with van der Waals surface area (Å²) in [6.45, 7) is 7.68. The van der Waals surface area contributed by atoms with E-state index >= 15 is 0 Å². The summed E-state index contributed by atoms with van der Waals surface area (Å²) < 4.78 is 10.1. The third-order valence-corrected chi connectivity index (χ3v) is 3.23. The lowest BCUT2D eigenvalue weighted by Gasteiger charge is -2.12. The van der Waals surface area contributed by atoms with Crippen molar-refractivity contribution in [1.82, 2.24) is 5.32 Å². The van der Waals surface area contributed by atoms with Gasteiger partial charge in [-0.2, -0.15) is 0 Å². The highest BCUT2D eigenvalue weighted by Gasteiger charge is 2.44. The normalized spacial score (nSPS) is 24.4. The van der Waals surface area contributed by atoms with Crippen LogP contribution in [0.15, 0.2) is 0 Å². The first kappa shape index (κ1) is 13.9. The third-order valence-electron chi connectivity index (χ3n) is 3.23. The molecule has 1 fully saturated rings. The fourth-order valence-corrected chi connectivity index (χ4v) is 1.77. The molecule has 2 atom stereocenters. The highest BCUT2D eigenvalue weighted by Crippen LogP contribution is 2.50. The molecular weight excluding hydrogens is 206 g/mol. The molecule has 1 aliphatic carbocycles. The van der Waals surface area contributed by atoms with Crippen molar-refractivity contribution in [3.05, 3.63) is 0 Å². The van der Waals surface area contributed by atoms with Crippen molar-refractivity contribution in [2.24, 2.45) is 11.3 Å². The molecule has 1 saturated carbocycles. The maximum absolute atomic E-state index is 9.58. The van der Waals surface area contributed by atoms with Crippen molar-refractivity contribution >= 4 is 0 Å². The molecule has 0 amide bonds. The minimum atomic E-state index is -0.418. The minimum absolute atomic E-state index is 0.379. The molecule has 4 heteroatoms. The van der Waals surface area contributed by atoms with E-state index in [2.05, 4.69) is 19.2 Å². The summed E-state index contributed by atoms with van der Waals surface area (Å²) in [6, 6.07) is 0. The van der Waals surface area contributed by atoms with Crippen LogP contribution in [0.3, 0.4) is 0 Å². The largest absolute Gasteiger partial charge is 0.389 e. The van der Waals surface area contributed by atoms with Gasteiger partial charge < -0.3 is 19.9 Å². The van der Waals surface area contributed by atoms with E-state index in [1.165, 1.54) is 6.42 Å². The molecule has 0 aromatic heterocycles. The molecule has 0 saturated heterocycles. The van der Waals surface area contributed by atoms with Crippen molar-refractivity contribution in [1.29, 1.82) is 0 Å². The van der Waals surface area contributed by atoms with E-state index in [0.29, 0.717) is 31.8 Å². The summed E-state index contributed by atoms with van der Waals surface area (Å²) in [7, 11) is 1.64. The second-order valence-electron chi connectivity index (χ2n) is 5.27. The van der Waals surface area contributed by atoms with Gasteiger partial charge in [0.1, 0.15) is 0 Å². The Bertz CT molecular complexity index is 197. The molecular formula is C12H25NO3. The quantitative estimate of drug-likeness (QED) is 0.572. The lowest BCUT2D eigenvalue weighted by molar-refractivity contribution is 0.0137. The van der Waals surface area contributed by atoms with Crippen LogP contribution in [0.2, 0.25) is 0 Å². The van der Waals surface area contributed by atoms with Gasteiger partial charge in [0.25, 0.3) is 0 Å². The standard InChI is InChI=1S/C12H25NO3/c1-12(2)6-10(12)7-13-8-11(14)9-16-5-4-15-3/h10-11,13-14H,4-9H2,1-3H3. The Balaban J connectivity index is 1.88. The van der Waals surface area contributed by atoms with E-state index in [1.807, 2.05) is 0 Å². The molecule has 0 bridgehead atoms. The van der Waals surface area contributed by atoms with Crippen LogP contribution in [0.25, 0.3) is 0 Å². The van der Waals surface area contributed by atoms with Crippen molar-refractivity contribution in [3.8, 4) is 0 Å². The predicted octanol–water partition coefficient (Wildman–Crippen LogP) is 0.646. The Morgan fingerprint density at radius 3 is 2.69 bits per heavy atom. The minimum Gasteiger partial charge on any atom is -0.389 e. The third kappa shape index (κ3) is 5.25. The van der Waals surface area contributed by atoms with Gasteiger partial charge in [0.15, 0.2) is 0 Å². The van der Waals surface area contributed by atoms with E-state index in [0.717, 1.165) is 12.5 Å². The maximum Gasteiger partial charge on any atom is 0.0897 e. The number of aliphatic hydroxyl groups is 1. The zero-order chi connectivity index (χ0) is 12.0. The van der Waals surface area contributed by atoms with Gasteiger partial charge in [-0.15, -0.1) is 0 Å². The molecule has 0 aliphatic heterocycles. The molecule has 0 spiro atoms. The first-order valence-electron chi connectivity index (χ1n) is 6.01. The molecule has 1 aliphatic rings. The number of ether oxygens (including phenoxy) is 2. The summed E-state index contributed by atoms with van der Waals surface area (Å²) in [6.07, 6.45) is 0.874. The molecule has 0 heterocycles. The summed E-state index contributed by atoms with van der Waals surface area (Å²) in [4.78, 5) is 0. The molecule has 0 aromatic rings. The van der Waals surface area contributed by atoms with Crippen molar-refractivity contribution in [2.75, 3.05) is 40.0 Å². The lowest BCUT2D eigenvalue weighted by Crippen LogP contribution is -2.32. The van der Waals surface area contributed by atoms with Crippen LogP contribution in [-0.4, -0.2) is 51.2 Å². The molecule has 96 valence electrons. The van der Waals surface area contributed by atoms with Gasteiger partial charge >= 0.3 is 0 Å². The Kier molecular flexibility index (Phi) is 5.69. The van der Waals surface area contributed by atoms with Crippen LogP contribution in [0.1, 0.15) is 20.3 Å². The van der Waals surface area contributed by atoms with Gasteiger partial charge in [-0.1, -0.05) is 13.8 Å². The maximum atomic E-state index is 9.58. The molecule has 0 radical (unpaired) electrons. The number of hydrogen-bond donors (Lipinski definition) is 2. The molecule has 1 rings (SSSR count). The first-order chi connectivity index (χ1) is 7.56. The van der Waals surface area contributed by atoms with Gasteiger partial charge in [-0.25, -0.2) is 0 Å². The molecule has 2 N–H and O–H groups in total. The van der Waals surface area contributed by atoms with Crippen molar-refractivity contribution in [2.45, 2.75) is 26.4 Å². The summed E-state index contributed by atoms with van der Waals surface area (Å²) >= 11 is 0. The van der Waals surface area contributed by atoms with E-state index in [9.17, 15) is 5.11 Å². The van der Waals surface area contributed by atoms with Gasteiger partial charge in [0.2, 0.25) is 0 Å². The number of methoxy groups -OCH3 is 1. The van der Waals surface area contributed by atoms with Gasteiger partial charge in [0, 0.05) is 13.7 Å². The van der Waals surface area contributed by atoms with Crippen LogP contribution < -0.4 is 5.32 Å². The summed E-state index contributed by atoms with van der Waals surface area (Å²) in [5, 5.41) is 12.9. The number of hydrogen-bond acceptors (Lipinski definition) is 4. The zero-order valence-electron chi connectivity index (χ0n) is 10.7. The molecule has 16 heavy (non-hydrogen) atoms. The number of rotatable bonds is 9. The van der Waals surface area contributed by atoms with Crippen LogP contribution in [-0.2, 0) is 9.47 Å². The lowest BCUT2D eigenvalue weighted by atomic mass is 10.1. The van der Waals surface area contributed by atoms with Crippen LogP contribution >= 0.6 is 0 Å². The van der Waals surface area contributed by atoms with Crippen molar-refractivity contribution in [3.63, 3.8) is 0 Å². The Morgan fingerprint density at radius 1 is 1.44 bits per heavy atom. The highest BCUT2D eigenvalue weighted by atomic mass is 16.5. The average Bonchev–Trinajstić information content (AvgIpc) is 2.81. The SMILES string of the molecule is COCCOCC(O)CNCC1CC1(C)C. The Morgan fingerprint density at radius 2 is 2.12 bits per heavy atom. The van der Waals surface area contributed by atoms with Crippen LogP contribution in [0.4, 0.5) is 0 Å². The van der Waals surface area contributed by atoms with Gasteiger partial charge in [0.05, 0.1) is 25.9 Å². The summed E-state index contributed by atoms with van der Waals surface area (Å²) in [5.41, 5.74) is 0.507. The van der Waals surface area contributed by atoms with E-state index in [-0.39, 0.29) is 0 Å². The van der Waals surface area contributed by atoms with E-state index in [4.69, 9.17) is 9.47 Å². The smallest absolute Gasteiger partial charge is 0.0897 e. The van der Waals surface area contributed by atoms with Gasteiger partial charge in [-0.05, 0) is 24.3 Å². The second-order valence-corrected chi connectivity index (χ2v) is 5.27. The van der Waals surface area contributed by atoms with E-state index < -0.39 is 6.10 Å². The number of aliphatic hydroxyl groups excluding tert-OH is 1. The zero-order valence-corrected chi connectivity index (χ0v) is 10.7. The van der Waals surface area contributed by atoms with Crippen LogP contribution in [0.5, 0.6) is 0 Å². The van der Waals surface area contributed by atoms with Crippen molar-refractivity contribution < 1.29 is 14.6 Å². The Labute approximate surface area is 98.3 Å². The molecule has 2 unspecified atom stereocenters. The number of nitrogens with one attached hydrogen (secondary N) is 1. The molecule has 4 nitrogen and oxygen atoms in total. The summed E-state index contributed by atoms with van der Waals surface area (Å²) in [5.74, 6) is 0.772. The first-order valence-corrected chi connectivity index (χ1v) is 6.01. The van der Waals surface area contributed by atoms with E-state index in [1.54, 1.807) is 7.11 Å². The monoisotopic (exact) mass is 231 g/mol. The Hall–Kier alpha value is -0.160. The van der Waals surface area contributed by atoms with Crippen LogP contribution in [0, 0.1) is 11.3 Å². The predicted molar refractivity (Wildman–Crippen MR) is 63.5 cm³/mol. The average molecular weight is 231 g/mol. The fourth-order valence-electron chi connectivity index (χ4n) is 1.77. The highest BCUT2D eigenvalue weighted by molar-refractivity contribution is 4.96. The molecule has 0 aromatic carbocycles. The topological polar surface area (TPSA) is 50.7 Å². The second kappa shape index (κ2) is 6.55.